The van der Waals surface area contributed by atoms with E-state index in [0.29, 0.717) is 31.6 Å². The number of phenols is 1. The van der Waals surface area contributed by atoms with E-state index >= 15 is 0 Å². The number of carbonyl (C=O) groups is 4. The van der Waals surface area contributed by atoms with Crippen molar-refractivity contribution in [2.75, 3.05) is 43.5 Å². The third-order valence-corrected chi connectivity index (χ3v) is 14.3. The molecule has 0 saturated carbocycles. The van der Waals surface area contributed by atoms with Crippen LogP contribution in [-0.2, 0) is 58.8 Å². The van der Waals surface area contributed by atoms with E-state index in [1.807, 2.05) is 54.6 Å². The summed E-state index contributed by atoms with van der Waals surface area (Å²) in [6, 6.07) is 18.9. The lowest BCUT2D eigenvalue weighted by molar-refractivity contribution is -0.369. The van der Waals surface area contributed by atoms with Crippen molar-refractivity contribution in [1.82, 2.24) is 16.0 Å². The van der Waals surface area contributed by atoms with Crippen LogP contribution < -0.4 is 26.6 Å². The smallest absolute Gasteiger partial charge is 0.335 e. The summed E-state index contributed by atoms with van der Waals surface area (Å²) in [4.78, 5) is 47.1. The molecule has 32 nitrogen and oxygen atoms in total. The van der Waals surface area contributed by atoms with E-state index in [4.69, 9.17) is 33.2 Å². The highest BCUT2D eigenvalue weighted by molar-refractivity contribution is 5.76. The molecule has 0 aliphatic carbocycles. The molecular weight excluding hydrogens is 1150 g/mol. The third kappa shape index (κ3) is 18.0. The van der Waals surface area contributed by atoms with Gasteiger partial charge in [0.05, 0.1) is 37.2 Å². The molecule has 2 amide bonds. The SMILES string of the molecule is CC(=O)N[C@H]1[C@H](O[C@H]2[C@H](O)[C@@H](O)[C@H](O[C@H]3[C@H](O)[C@@H](CO)OC(O)[C@@H]3NC(C)(C)O)O[C@@H]2C(=O)O)O[C@H](CO)[C@@H](O)[C@@H]1O[C@@H]1O[C@H](C(=O)O)[C@@H](O)[C@H](O)[C@H]1O.O=CNc1cc([C@@H](O)CNCCc2ccc(NC[C@H](O)c3ccccc3)cc2)ccc1O. The molecule has 0 spiro atoms. The van der Waals surface area contributed by atoms with Gasteiger partial charge < -0.3 is 136 Å². The topological polar surface area (TPSA) is 517 Å². The van der Waals surface area contributed by atoms with Crippen molar-refractivity contribution in [2.24, 2.45) is 0 Å². The summed E-state index contributed by atoms with van der Waals surface area (Å²) in [5, 5.41) is 179. The largest absolute Gasteiger partial charge is 0.506 e. The summed E-state index contributed by atoms with van der Waals surface area (Å²) in [7, 11) is 0. The maximum Gasteiger partial charge on any atom is 0.335 e. The molecule has 22 atom stereocenters. The molecule has 480 valence electrons. The standard InChI is InChI=1S/C29H48N2O23.C25H29N3O4/c1-6(34)30-10-19(51-27-16(40)13(37)14(38)21(53-27)23(42)43)12(36)8(5-33)49-26(10)52-20-15(39)17(41)28(54-22(20)24(44)45)50-18-9(31-29(2,3)47)25(46)48-7(4-32)11(18)35;29-17-28-22-14-20(8-11-23(22)30)24(31)15-26-13-12-18-6-9-21(10-7-18)27-16-25(32)19-4-2-1-3-5-19/h7-22,25-28,31-33,35-41,46-47H,4-5H2,1-3H3,(H,30,34)(H,42,43)(H,44,45);1-11,14,17,24-27,30-32H,12-13,15-16H2,(H,28,29)/t7-,8-,9-,10-,11-,12-,13+,14+,15-,16-,17-,18-,19-,20+,21+,22+,25?,26+,27-,28-;24-,25-/m10/s1. The highest BCUT2D eigenvalue weighted by Crippen LogP contribution is 2.35. The molecule has 4 heterocycles. The van der Waals surface area contributed by atoms with E-state index < -0.39 is 172 Å². The van der Waals surface area contributed by atoms with Gasteiger partial charge in [0.15, 0.2) is 37.4 Å². The number of amides is 2. The highest BCUT2D eigenvalue weighted by Gasteiger charge is 2.57. The molecule has 4 saturated heterocycles. The number of anilines is 2. The van der Waals surface area contributed by atoms with Crippen LogP contribution in [0, 0.1) is 0 Å². The molecule has 21 N–H and O–H groups in total. The minimum Gasteiger partial charge on any atom is -0.506 e. The first-order valence-electron chi connectivity index (χ1n) is 27.1. The van der Waals surface area contributed by atoms with Crippen LogP contribution in [0.25, 0.3) is 0 Å². The molecule has 7 rings (SSSR count). The number of carbonyl (C=O) groups excluding carboxylic acids is 2. The first-order chi connectivity index (χ1) is 40.7. The fourth-order valence-corrected chi connectivity index (χ4v) is 9.80. The van der Waals surface area contributed by atoms with Crippen molar-refractivity contribution in [3.8, 4) is 5.75 Å². The minimum absolute atomic E-state index is 0.0477. The van der Waals surface area contributed by atoms with E-state index in [1.165, 1.54) is 19.9 Å². The van der Waals surface area contributed by atoms with E-state index in [-0.39, 0.29) is 11.4 Å². The quantitative estimate of drug-likeness (QED) is 0.0162. The number of carboxylic acids is 2. The summed E-state index contributed by atoms with van der Waals surface area (Å²) in [5.41, 5.74) is 2.10. The lowest BCUT2D eigenvalue weighted by Crippen LogP contribution is -2.71. The average Bonchev–Trinajstić information content (AvgIpc) is 0.939. The number of carboxylic acid groups (broad SMARTS) is 2. The van der Waals surface area contributed by atoms with Gasteiger partial charge in [-0.05, 0) is 67.8 Å². The Bertz CT molecular complexity index is 2630. The average molecular weight is 1230 g/mol. The lowest BCUT2D eigenvalue weighted by atomic mass is 9.93. The van der Waals surface area contributed by atoms with Crippen molar-refractivity contribution in [3.63, 3.8) is 0 Å². The van der Waals surface area contributed by atoms with Crippen molar-refractivity contribution in [3.05, 3.63) is 89.5 Å². The second-order valence-corrected chi connectivity index (χ2v) is 21.2. The first-order valence-corrected chi connectivity index (χ1v) is 27.1. The van der Waals surface area contributed by atoms with Crippen LogP contribution in [0.1, 0.15) is 49.7 Å². The summed E-state index contributed by atoms with van der Waals surface area (Å²) < 4.78 is 38.3. The normalized spacial score (nSPS) is 33.7. The number of aromatic hydroxyl groups is 1. The zero-order valence-electron chi connectivity index (χ0n) is 46.6. The Labute approximate surface area is 491 Å². The number of hydrogen-bond donors (Lipinski definition) is 21. The minimum atomic E-state index is -2.29. The number of benzene rings is 3. The molecule has 3 aromatic carbocycles. The van der Waals surface area contributed by atoms with E-state index in [0.717, 1.165) is 30.2 Å². The molecule has 4 aliphatic heterocycles. The van der Waals surface area contributed by atoms with Gasteiger partial charge in [-0.25, -0.2) is 9.59 Å². The van der Waals surface area contributed by atoms with Gasteiger partial charge in [0.25, 0.3) is 0 Å². The third-order valence-electron chi connectivity index (χ3n) is 14.3. The molecule has 86 heavy (non-hydrogen) atoms. The van der Waals surface area contributed by atoms with Gasteiger partial charge in [-0.2, -0.15) is 0 Å². The summed E-state index contributed by atoms with van der Waals surface area (Å²) in [5.74, 6) is -4.56. The Balaban J connectivity index is 0.000000313. The highest BCUT2D eigenvalue weighted by atomic mass is 16.8. The molecule has 0 radical (unpaired) electrons. The van der Waals surface area contributed by atoms with Gasteiger partial charge in [-0.1, -0.05) is 48.5 Å². The number of hydrogen-bond acceptors (Lipinski definition) is 28. The number of rotatable bonds is 25. The number of aliphatic hydroxyl groups is 13. The predicted molar refractivity (Wildman–Crippen MR) is 289 cm³/mol. The van der Waals surface area contributed by atoms with Crippen LogP contribution in [0.5, 0.6) is 5.75 Å². The second-order valence-electron chi connectivity index (χ2n) is 21.2. The molecule has 0 aromatic heterocycles. The summed E-state index contributed by atoms with van der Waals surface area (Å²) >= 11 is 0. The van der Waals surface area contributed by atoms with Crippen molar-refractivity contribution >= 4 is 35.6 Å². The van der Waals surface area contributed by atoms with E-state index in [9.17, 15) is 101 Å². The van der Waals surface area contributed by atoms with E-state index in [1.54, 1.807) is 12.1 Å². The van der Waals surface area contributed by atoms with E-state index in [2.05, 4.69) is 26.6 Å². The van der Waals surface area contributed by atoms with Crippen LogP contribution in [0.2, 0.25) is 0 Å². The Morgan fingerprint density at radius 2 is 1.20 bits per heavy atom. The van der Waals surface area contributed by atoms with Crippen LogP contribution in [-0.4, -0.2) is 267 Å². The van der Waals surface area contributed by atoms with Gasteiger partial charge in [-0.15, -0.1) is 0 Å². The molecule has 32 heteroatoms. The second kappa shape index (κ2) is 31.4. The zero-order chi connectivity index (χ0) is 63.3. The number of nitrogens with one attached hydrogen (secondary N) is 5. The predicted octanol–water partition coefficient (Wildman–Crippen LogP) is -6.12. The number of phenolic OH excluding ortho intramolecular Hbond substituents is 1. The molecule has 1 unspecified atom stereocenters. The van der Waals surface area contributed by atoms with Crippen LogP contribution in [0.4, 0.5) is 11.4 Å². The van der Waals surface area contributed by atoms with Gasteiger partial charge in [-0.3, -0.25) is 14.9 Å². The van der Waals surface area contributed by atoms with Gasteiger partial charge in [0.1, 0.15) is 90.8 Å². The monoisotopic (exact) mass is 1230 g/mol. The summed E-state index contributed by atoms with van der Waals surface area (Å²) in [6.45, 7) is 3.08. The molecule has 4 fully saturated rings. The van der Waals surface area contributed by atoms with Crippen LogP contribution in [0.15, 0.2) is 72.8 Å². The molecule has 3 aromatic rings. The van der Waals surface area contributed by atoms with Crippen molar-refractivity contribution < 1.29 is 134 Å². The summed E-state index contributed by atoms with van der Waals surface area (Å²) in [6.07, 6.45) is -36.4. The Morgan fingerprint density at radius 3 is 1.77 bits per heavy atom. The fourth-order valence-electron chi connectivity index (χ4n) is 9.80. The fraction of sp³-hybridized carbons (Fsp3) is 0.593. The van der Waals surface area contributed by atoms with Crippen molar-refractivity contribution in [2.45, 2.75) is 168 Å². The zero-order valence-corrected chi connectivity index (χ0v) is 46.6. The number of aliphatic carboxylic acids is 2. The Kier molecular flexibility index (Phi) is 25.4. The molecule has 0 bridgehead atoms. The maximum absolute atomic E-state index is 12.5. The van der Waals surface area contributed by atoms with Crippen LogP contribution in [0.3, 0.4) is 0 Å². The number of aliphatic hydroxyl groups excluding tert-OH is 12. The maximum atomic E-state index is 12.5. The first kappa shape index (κ1) is 69.4. The van der Waals surface area contributed by atoms with Gasteiger partial charge in [0, 0.05) is 25.7 Å². The van der Waals surface area contributed by atoms with Crippen molar-refractivity contribution in [1.29, 1.82) is 0 Å². The Hall–Kier alpha value is -5.74. The Morgan fingerprint density at radius 1 is 0.640 bits per heavy atom. The van der Waals surface area contributed by atoms with Gasteiger partial charge in [0.2, 0.25) is 12.3 Å². The van der Waals surface area contributed by atoms with Gasteiger partial charge >= 0.3 is 11.9 Å². The van der Waals surface area contributed by atoms with Crippen LogP contribution >= 0.6 is 0 Å². The number of ether oxygens (including phenoxy) is 7. The molecular formula is C54H77N5O27. The molecule has 4 aliphatic rings. The lowest BCUT2D eigenvalue weighted by Gasteiger charge is -2.50.